The van der Waals surface area contributed by atoms with Crippen LogP contribution in [0.15, 0.2) is 60.7 Å². The van der Waals surface area contributed by atoms with Crippen molar-refractivity contribution in [1.82, 2.24) is 0 Å². The first-order valence-corrected chi connectivity index (χ1v) is 6.43. The molecule has 2 aromatic carbocycles. The Kier molecular flexibility index (Phi) is 4.09. The highest BCUT2D eigenvalue weighted by Crippen LogP contribution is 2.31. The Morgan fingerprint density at radius 3 is 1.78 bits per heavy atom. The van der Waals surface area contributed by atoms with Crippen LogP contribution < -0.4 is 0 Å². The van der Waals surface area contributed by atoms with E-state index in [9.17, 15) is 10.1 Å². The third-order valence-corrected chi connectivity index (χ3v) is 3.60. The van der Waals surface area contributed by atoms with Gasteiger partial charge in [-0.15, -0.1) is 0 Å². The maximum absolute atomic E-state index is 11.3. The van der Waals surface area contributed by atoms with Gasteiger partial charge in [0.05, 0.1) is 14.1 Å². The largest absolute Gasteiger partial charge is 0.290 e. The van der Waals surface area contributed by atoms with Gasteiger partial charge < -0.3 is 0 Å². The molecule has 0 saturated carbocycles. The molecule has 0 N–H and O–H groups in total. The highest BCUT2D eigenvalue weighted by Gasteiger charge is 2.20. The average Bonchev–Trinajstić information content (AvgIpc) is 2.40. The first kappa shape index (κ1) is 12.8. The SMILES string of the molecule is O=[N+]([O-])C(=C(I)c1ccccc1)c1ccccc1. The number of benzene rings is 2. The van der Waals surface area contributed by atoms with Crippen molar-refractivity contribution in [2.24, 2.45) is 0 Å². The minimum atomic E-state index is -0.329. The lowest BCUT2D eigenvalue weighted by Gasteiger charge is -2.03. The fourth-order valence-electron chi connectivity index (χ4n) is 1.63. The molecule has 3 nitrogen and oxygen atoms in total. The lowest BCUT2D eigenvalue weighted by molar-refractivity contribution is -0.374. The number of nitro groups is 1. The third kappa shape index (κ3) is 2.76. The predicted octanol–water partition coefficient (Wildman–Crippen LogP) is 4.22. The van der Waals surface area contributed by atoms with Crippen LogP contribution >= 0.6 is 22.6 Å². The van der Waals surface area contributed by atoms with Crippen LogP contribution in [0.3, 0.4) is 0 Å². The van der Waals surface area contributed by atoms with E-state index < -0.39 is 0 Å². The van der Waals surface area contributed by atoms with Crippen LogP contribution in [-0.2, 0) is 0 Å². The van der Waals surface area contributed by atoms with Gasteiger partial charge in [0.1, 0.15) is 0 Å². The van der Waals surface area contributed by atoms with Crippen molar-refractivity contribution < 1.29 is 4.92 Å². The summed E-state index contributed by atoms with van der Waals surface area (Å²) in [5, 5.41) is 11.3. The quantitative estimate of drug-likeness (QED) is 0.360. The highest BCUT2D eigenvalue weighted by atomic mass is 127. The van der Waals surface area contributed by atoms with E-state index in [1.165, 1.54) is 0 Å². The number of halogens is 1. The summed E-state index contributed by atoms with van der Waals surface area (Å²) >= 11 is 2.03. The van der Waals surface area contributed by atoms with E-state index in [-0.39, 0.29) is 10.6 Å². The molecule has 0 atom stereocenters. The topological polar surface area (TPSA) is 43.1 Å². The van der Waals surface area contributed by atoms with E-state index in [4.69, 9.17) is 0 Å². The standard InChI is InChI=1S/C14H10INO2/c15-13(11-7-3-1-4-8-11)14(16(17)18)12-9-5-2-6-10-12/h1-10H. The average molecular weight is 351 g/mol. The Balaban J connectivity index is 2.58. The molecular weight excluding hydrogens is 341 g/mol. The Hall–Kier alpha value is -1.69. The van der Waals surface area contributed by atoms with Gasteiger partial charge in [-0.2, -0.15) is 0 Å². The lowest BCUT2D eigenvalue weighted by atomic mass is 10.1. The minimum absolute atomic E-state index is 0.141. The van der Waals surface area contributed by atoms with Crippen LogP contribution in [0, 0.1) is 10.1 Å². The molecule has 90 valence electrons. The fraction of sp³-hybridized carbons (Fsp3) is 0. The molecule has 18 heavy (non-hydrogen) atoms. The zero-order valence-electron chi connectivity index (χ0n) is 9.42. The van der Waals surface area contributed by atoms with Crippen LogP contribution in [0.1, 0.15) is 11.1 Å². The molecule has 0 heterocycles. The molecule has 0 fully saturated rings. The first-order chi connectivity index (χ1) is 8.70. The van der Waals surface area contributed by atoms with E-state index in [0.717, 1.165) is 5.56 Å². The zero-order valence-corrected chi connectivity index (χ0v) is 11.6. The summed E-state index contributed by atoms with van der Waals surface area (Å²) in [6, 6.07) is 18.3. The molecule has 0 amide bonds. The lowest BCUT2D eigenvalue weighted by Crippen LogP contribution is -1.99. The molecule has 0 aliphatic rings. The molecular formula is C14H10INO2. The summed E-state index contributed by atoms with van der Waals surface area (Å²) < 4.78 is 0.643. The summed E-state index contributed by atoms with van der Waals surface area (Å²) in [5.74, 6) is 0. The van der Waals surface area contributed by atoms with Gasteiger partial charge in [-0.05, 0) is 40.3 Å². The van der Waals surface area contributed by atoms with Gasteiger partial charge >= 0.3 is 0 Å². The number of hydrogen-bond donors (Lipinski definition) is 0. The van der Waals surface area contributed by atoms with Crippen molar-refractivity contribution >= 4 is 31.9 Å². The second-order valence-corrected chi connectivity index (χ2v) is 4.73. The summed E-state index contributed by atoms with van der Waals surface area (Å²) in [6.45, 7) is 0. The Morgan fingerprint density at radius 1 is 0.889 bits per heavy atom. The van der Waals surface area contributed by atoms with Gasteiger partial charge in [0.2, 0.25) is 0 Å². The van der Waals surface area contributed by atoms with Crippen LogP contribution in [-0.4, -0.2) is 4.92 Å². The summed E-state index contributed by atoms with van der Waals surface area (Å²) in [5.41, 5.74) is 1.62. The number of rotatable bonds is 3. The van der Waals surface area contributed by atoms with Crippen molar-refractivity contribution in [3.8, 4) is 0 Å². The summed E-state index contributed by atoms with van der Waals surface area (Å²) in [7, 11) is 0. The van der Waals surface area contributed by atoms with Gasteiger partial charge in [0, 0.05) is 0 Å². The minimum Gasteiger partial charge on any atom is -0.258 e. The zero-order chi connectivity index (χ0) is 13.0. The Morgan fingerprint density at radius 2 is 1.33 bits per heavy atom. The monoisotopic (exact) mass is 351 g/mol. The summed E-state index contributed by atoms with van der Waals surface area (Å²) in [6.07, 6.45) is 0. The predicted molar refractivity (Wildman–Crippen MR) is 80.7 cm³/mol. The Labute approximate surface area is 118 Å². The molecule has 0 saturated heterocycles. The van der Waals surface area contributed by atoms with Crippen LogP contribution in [0.25, 0.3) is 9.28 Å². The number of hydrogen-bond acceptors (Lipinski definition) is 2. The fourth-order valence-corrected chi connectivity index (χ4v) is 2.50. The molecule has 2 rings (SSSR count). The molecule has 0 unspecified atom stereocenters. The van der Waals surface area contributed by atoms with Crippen molar-refractivity contribution in [2.45, 2.75) is 0 Å². The van der Waals surface area contributed by atoms with E-state index in [2.05, 4.69) is 0 Å². The highest BCUT2D eigenvalue weighted by molar-refractivity contribution is 14.1. The smallest absolute Gasteiger partial charge is 0.258 e. The van der Waals surface area contributed by atoms with Gasteiger partial charge in [-0.25, -0.2) is 0 Å². The van der Waals surface area contributed by atoms with E-state index in [0.29, 0.717) is 9.14 Å². The van der Waals surface area contributed by atoms with Crippen LogP contribution in [0.5, 0.6) is 0 Å². The van der Waals surface area contributed by atoms with Crippen molar-refractivity contribution in [2.75, 3.05) is 0 Å². The van der Waals surface area contributed by atoms with Crippen molar-refractivity contribution in [3.05, 3.63) is 81.9 Å². The molecule has 0 bridgehead atoms. The van der Waals surface area contributed by atoms with Crippen molar-refractivity contribution in [1.29, 1.82) is 0 Å². The molecule has 0 radical (unpaired) electrons. The maximum atomic E-state index is 11.3. The molecule has 0 aliphatic carbocycles. The second-order valence-electron chi connectivity index (χ2n) is 3.65. The molecule has 0 spiro atoms. The van der Waals surface area contributed by atoms with Crippen LogP contribution in [0.4, 0.5) is 0 Å². The van der Waals surface area contributed by atoms with Crippen molar-refractivity contribution in [3.63, 3.8) is 0 Å². The van der Waals surface area contributed by atoms with Crippen LogP contribution in [0.2, 0.25) is 0 Å². The number of nitrogens with zero attached hydrogens (tertiary/aromatic N) is 1. The molecule has 0 aliphatic heterocycles. The van der Waals surface area contributed by atoms with E-state index in [1.54, 1.807) is 24.3 Å². The van der Waals surface area contributed by atoms with Gasteiger partial charge in [-0.3, -0.25) is 10.1 Å². The molecule has 0 aromatic heterocycles. The van der Waals surface area contributed by atoms with E-state index in [1.807, 2.05) is 59.0 Å². The first-order valence-electron chi connectivity index (χ1n) is 5.35. The summed E-state index contributed by atoms with van der Waals surface area (Å²) in [4.78, 5) is 10.9. The second kappa shape index (κ2) is 5.77. The van der Waals surface area contributed by atoms with Gasteiger partial charge in [-0.1, -0.05) is 48.5 Å². The molecule has 4 heteroatoms. The Bertz CT molecular complexity index is 579. The van der Waals surface area contributed by atoms with Gasteiger partial charge in [0.15, 0.2) is 0 Å². The van der Waals surface area contributed by atoms with Gasteiger partial charge in [0.25, 0.3) is 5.70 Å². The third-order valence-electron chi connectivity index (χ3n) is 2.46. The normalized spacial score (nSPS) is 11.8. The molecule has 2 aromatic rings. The maximum Gasteiger partial charge on any atom is 0.290 e. The van der Waals surface area contributed by atoms with E-state index >= 15 is 0 Å².